The molecular weight excluding hydrogens is 693 g/mol. The summed E-state index contributed by atoms with van der Waals surface area (Å²) in [6.45, 7) is 0. The van der Waals surface area contributed by atoms with Gasteiger partial charge in [0.2, 0.25) is 0 Å². The molecule has 4 nitrogen and oxygen atoms in total. The summed E-state index contributed by atoms with van der Waals surface area (Å²) in [7, 11) is 0. The minimum atomic E-state index is -0.525. The summed E-state index contributed by atoms with van der Waals surface area (Å²) in [5.74, 6) is 0. The Labute approximate surface area is 329 Å². The zero-order valence-corrected chi connectivity index (χ0v) is 30.9. The van der Waals surface area contributed by atoms with Gasteiger partial charge in [-0.2, -0.15) is 0 Å². The van der Waals surface area contributed by atoms with Gasteiger partial charge in [0.15, 0.2) is 0 Å². The Morgan fingerprint density at radius 2 is 0.895 bits per heavy atom. The van der Waals surface area contributed by atoms with Crippen LogP contribution in [-0.2, 0) is 5.41 Å². The van der Waals surface area contributed by atoms with Crippen molar-refractivity contribution in [3.05, 3.63) is 229 Å². The summed E-state index contributed by atoms with van der Waals surface area (Å²) >= 11 is 0. The maximum absolute atomic E-state index is 5.62. The summed E-state index contributed by atoms with van der Waals surface area (Å²) in [5, 5.41) is 2.30. The third-order valence-corrected chi connectivity index (χ3v) is 12.1. The molecule has 0 aliphatic heterocycles. The fraction of sp³-hybridized carbons (Fsp3) is 0.0189. The highest BCUT2D eigenvalue weighted by atomic mass is 15.0. The van der Waals surface area contributed by atoms with Crippen LogP contribution in [0.3, 0.4) is 0 Å². The van der Waals surface area contributed by atoms with E-state index >= 15 is 0 Å². The van der Waals surface area contributed by atoms with E-state index in [4.69, 9.17) is 9.97 Å². The number of nitrogens with zero attached hydrogens (tertiary/aromatic N) is 4. The molecule has 0 bridgehead atoms. The second kappa shape index (κ2) is 12.2. The summed E-state index contributed by atoms with van der Waals surface area (Å²) in [6, 6.07) is 72.3. The molecule has 1 aliphatic carbocycles. The average molecular weight is 727 g/mol. The van der Waals surface area contributed by atoms with E-state index in [-0.39, 0.29) is 0 Å². The van der Waals surface area contributed by atoms with Crippen molar-refractivity contribution < 1.29 is 0 Å². The van der Waals surface area contributed by atoms with E-state index in [1.807, 2.05) is 12.3 Å². The minimum Gasteiger partial charge on any atom is -0.308 e. The molecule has 11 aromatic rings. The standard InChI is InChI=1S/C53H34N4/c1-3-14-37(15-4-1)53(38-16-5-2-6-17-38)44-21-10-7-18-41(44)50-45(53)34-49-52(55-50)43-20-9-12-23-47(43)57(49)40-31-27-36(28-32-40)35-25-29-39(30-26-35)56-46-22-11-8-19-42(46)51-48(56)24-13-33-54-51/h1-34H. The molecule has 7 aromatic carbocycles. The zero-order valence-electron chi connectivity index (χ0n) is 30.9. The predicted octanol–water partition coefficient (Wildman–Crippen LogP) is 12.7. The van der Waals surface area contributed by atoms with Crippen LogP contribution in [0.15, 0.2) is 206 Å². The molecule has 0 amide bonds. The molecule has 266 valence electrons. The lowest BCUT2D eigenvalue weighted by atomic mass is 9.68. The normalized spacial score (nSPS) is 13.1. The first kappa shape index (κ1) is 31.8. The van der Waals surface area contributed by atoms with Crippen LogP contribution in [0.5, 0.6) is 0 Å². The molecule has 1 aliphatic rings. The first-order chi connectivity index (χ1) is 28.3. The average Bonchev–Trinajstić information content (AvgIpc) is 3.90. The Hall–Kier alpha value is -7.56. The molecule has 12 rings (SSSR count). The van der Waals surface area contributed by atoms with Crippen molar-refractivity contribution in [2.24, 2.45) is 0 Å². The molecule has 4 heteroatoms. The van der Waals surface area contributed by atoms with E-state index in [1.165, 1.54) is 33.4 Å². The van der Waals surface area contributed by atoms with Crippen molar-refractivity contribution >= 4 is 43.9 Å². The molecule has 0 fully saturated rings. The number of aromatic nitrogens is 4. The molecule has 0 saturated carbocycles. The van der Waals surface area contributed by atoms with Crippen molar-refractivity contribution in [3.63, 3.8) is 0 Å². The Balaban J connectivity index is 1.01. The molecule has 0 unspecified atom stereocenters. The Morgan fingerprint density at radius 1 is 0.386 bits per heavy atom. The number of pyridine rings is 2. The van der Waals surface area contributed by atoms with E-state index in [0.717, 1.165) is 66.5 Å². The third kappa shape index (κ3) is 4.50. The Morgan fingerprint density at radius 3 is 1.53 bits per heavy atom. The highest BCUT2D eigenvalue weighted by molar-refractivity contribution is 6.09. The van der Waals surface area contributed by atoms with E-state index in [0.29, 0.717) is 0 Å². The van der Waals surface area contributed by atoms with Crippen LogP contribution in [0.2, 0.25) is 0 Å². The third-order valence-electron chi connectivity index (χ3n) is 12.1. The van der Waals surface area contributed by atoms with E-state index in [2.05, 4.69) is 203 Å². The maximum Gasteiger partial charge on any atom is 0.0971 e. The molecule has 0 radical (unpaired) electrons. The minimum absolute atomic E-state index is 0.525. The van der Waals surface area contributed by atoms with Gasteiger partial charge in [-0.25, -0.2) is 4.98 Å². The quantitative estimate of drug-likeness (QED) is 0.177. The molecule has 0 saturated heterocycles. The van der Waals surface area contributed by atoms with Crippen LogP contribution in [-0.4, -0.2) is 19.1 Å². The van der Waals surface area contributed by atoms with E-state index < -0.39 is 5.41 Å². The van der Waals surface area contributed by atoms with Crippen LogP contribution >= 0.6 is 0 Å². The highest BCUT2D eigenvalue weighted by Gasteiger charge is 2.47. The smallest absolute Gasteiger partial charge is 0.0971 e. The van der Waals surface area contributed by atoms with Crippen LogP contribution in [0.25, 0.3) is 77.6 Å². The van der Waals surface area contributed by atoms with Gasteiger partial charge in [0.1, 0.15) is 0 Å². The van der Waals surface area contributed by atoms with Crippen LogP contribution < -0.4 is 0 Å². The molecular formula is C53H34N4. The summed E-state index contributed by atoms with van der Waals surface area (Å²) < 4.78 is 4.70. The number of hydrogen-bond donors (Lipinski definition) is 0. The summed E-state index contributed by atoms with van der Waals surface area (Å²) in [4.78, 5) is 10.3. The molecule has 0 atom stereocenters. The topological polar surface area (TPSA) is 35.6 Å². The van der Waals surface area contributed by atoms with E-state index in [1.54, 1.807) is 0 Å². The van der Waals surface area contributed by atoms with Crippen LogP contribution in [0.1, 0.15) is 22.3 Å². The fourth-order valence-corrected chi connectivity index (χ4v) is 9.63. The molecule has 0 N–H and O–H groups in total. The van der Waals surface area contributed by atoms with Crippen LogP contribution in [0.4, 0.5) is 0 Å². The van der Waals surface area contributed by atoms with Gasteiger partial charge < -0.3 is 9.13 Å². The van der Waals surface area contributed by atoms with Gasteiger partial charge in [0.25, 0.3) is 0 Å². The second-order valence-electron chi connectivity index (χ2n) is 14.9. The number of benzene rings is 7. The Bertz CT molecular complexity index is 3230. The number of fused-ring (bicyclic) bond motifs is 9. The molecule has 4 heterocycles. The fourth-order valence-electron chi connectivity index (χ4n) is 9.63. The van der Waals surface area contributed by atoms with Gasteiger partial charge in [0, 0.05) is 39.5 Å². The first-order valence-corrected chi connectivity index (χ1v) is 19.5. The van der Waals surface area contributed by atoms with Crippen molar-refractivity contribution in [3.8, 4) is 33.8 Å². The van der Waals surface area contributed by atoms with Gasteiger partial charge in [-0.05, 0) is 82.4 Å². The van der Waals surface area contributed by atoms with Gasteiger partial charge in [-0.1, -0.05) is 146 Å². The Kier molecular flexibility index (Phi) is 6.81. The van der Waals surface area contributed by atoms with Gasteiger partial charge in [-0.15, -0.1) is 0 Å². The largest absolute Gasteiger partial charge is 0.308 e. The first-order valence-electron chi connectivity index (χ1n) is 19.5. The number of para-hydroxylation sites is 2. The lowest BCUT2D eigenvalue weighted by Crippen LogP contribution is -2.28. The number of rotatable bonds is 5. The lowest BCUT2D eigenvalue weighted by molar-refractivity contribution is 0.767. The van der Waals surface area contributed by atoms with Gasteiger partial charge in [0.05, 0.1) is 44.2 Å². The number of hydrogen-bond acceptors (Lipinski definition) is 2. The van der Waals surface area contributed by atoms with Crippen LogP contribution in [0, 0.1) is 0 Å². The van der Waals surface area contributed by atoms with Gasteiger partial charge in [-0.3, -0.25) is 4.98 Å². The molecule has 4 aromatic heterocycles. The summed E-state index contributed by atoms with van der Waals surface area (Å²) in [6.07, 6.45) is 1.87. The molecule has 57 heavy (non-hydrogen) atoms. The van der Waals surface area contributed by atoms with Crippen molar-refractivity contribution in [1.82, 2.24) is 19.1 Å². The van der Waals surface area contributed by atoms with Gasteiger partial charge >= 0.3 is 0 Å². The van der Waals surface area contributed by atoms with E-state index in [9.17, 15) is 0 Å². The highest BCUT2D eigenvalue weighted by Crippen LogP contribution is 2.56. The van der Waals surface area contributed by atoms with Crippen molar-refractivity contribution in [1.29, 1.82) is 0 Å². The lowest BCUT2D eigenvalue weighted by Gasteiger charge is -2.33. The van der Waals surface area contributed by atoms with Crippen molar-refractivity contribution in [2.45, 2.75) is 5.41 Å². The monoisotopic (exact) mass is 726 g/mol. The summed E-state index contributed by atoms with van der Waals surface area (Å²) in [5.41, 5.74) is 17.7. The zero-order chi connectivity index (χ0) is 37.5. The SMILES string of the molecule is c1ccc(C2(c3ccccc3)c3ccccc3-c3nc4c5ccccc5n(-c5ccc(-c6ccc(-n7c8ccccc8c8ncccc87)cc6)cc5)c4cc32)cc1. The predicted molar refractivity (Wildman–Crippen MR) is 233 cm³/mol. The van der Waals surface area contributed by atoms with Crippen molar-refractivity contribution in [2.75, 3.05) is 0 Å². The second-order valence-corrected chi connectivity index (χ2v) is 14.9. The maximum atomic E-state index is 5.62. The molecule has 0 spiro atoms.